The van der Waals surface area contributed by atoms with Gasteiger partial charge in [-0.3, -0.25) is 14.5 Å². The van der Waals surface area contributed by atoms with Crippen molar-refractivity contribution in [1.82, 2.24) is 9.91 Å². The van der Waals surface area contributed by atoms with Crippen molar-refractivity contribution in [3.05, 3.63) is 88.8 Å². The first-order valence-electron chi connectivity index (χ1n) is 12.1. The maximum atomic E-state index is 14.2. The zero-order valence-corrected chi connectivity index (χ0v) is 20.3. The Balaban J connectivity index is 1.16. The van der Waals surface area contributed by atoms with Crippen LogP contribution in [0.4, 0.5) is 14.5 Å². The van der Waals surface area contributed by atoms with E-state index in [9.17, 15) is 23.5 Å². The van der Waals surface area contributed by atoms with Crippen LogP contribution >= 0.6 is 0 Å². The van der Waals surface area contributed by atoms with Gasteiger partial charge in [0.05, 0.1) is 16.6 Å². The van der Waals surface area contributed by atoms with E-state index in [0.717, 1.165) is 12.1 Å². The molecule has 0 spiro atoms. The van der Waals surface area contributed by atoms with E-state index in [1.54, 1.807) is 35.3 Å². The molecule has 1 fully saturated rings. The quantitative estimate of drug-likeness (QED) is 0.351. The van der Waals surface area contributed by atoms with E-state index in [-0.39, 0.29) is 16.9 Å². The van der Waals surface area contributed by atoms with Crippen LogP contribution in [0.5, 0.6) is 11.5 Å². The fourth-order valence-corrected chi connectivity index (χ4v) is 4.45. The highest BCUT2D eigenvalue weighted by Gasteiger charge is 2.24. The highest BCUT2D eigenvalue weighted by atomic mass is 19.1. The number of carbonyl (C=O) groups is 1. The van der Waals surface area contributed by atoms with Gasteiger partial charge in [0.25, 0.3) is 0 Å². The minimum Gasteiger partial charge on any atom is -0.508 e. The number of rotatable bonds is 8. The Kier molecular flexibility index (Phi) is 7.34. The Morgan fingerprint density at radius 1 is 1.00 bits per heavy atom. The summed E-state index contributed by atoms with van der Waals surface area (Å²) in [6, 6.07) is 14.5. The third kappa shape index (κ3) is 5.36. The zero-order chi connectivity index (χ0) is 26.6. The zero-order valence-electron chi connectivity index (χ0n) is 20.3. The topological polar surface area (TPSA) is 86.5 Å². The molecule has 1 N–H and O–H groups in total. The second kappa shape index (κ2) is 11.0. The summed E-state index contributed by atoms with van der Waals surface area (Å²) in [5.74, 6) is -0.813. The van der Waals surface area contributed by atoms with E-state index in [0.29, 0.717) is 73.6 Å². The van der Waals surface area contributed by atoms with Crippen LogP contribution in [0.1, 0.15) is 0 Å². The number of carbonyl (C=O) groups excluding carboxylic acids is 1. The SMILES string of the molecule is O=CN(c1ccc(F)cc1F)N1CCN(CCOc2ccc3c(=O)c(-c4ccc(O)cc4)coc3c2)CC1. The lowest BCUT2D eigenvalue weighted by Crippen LogP contribution is -2.54. The van der Waals surface area contributed by atoms with Gasteiger partial charge in [-0.25, -0.2) is 18.8 Å². The number of fused-ring (bicyclic) bond motifs is 1. The number of phenolic OH excluding ortho intramolecular Hbond substituents is 1. The molecule has 196 valence electrons. The highest BCUT2D eigenvalue weighted by Crippen LogP contribution is 2.25. The van der Waals surface area contributed by atoms with Crippen molar-refractivity contribution >= 4 is 23.1 Å². The van der Waals surface area contributed by atoms with E-state index in [2.05, 4.69) is 4.90 Å². The van der Waals surface area contributed by atoms with Crippen molar-refractivity contribution in [2.24, 2.45) is 0 Å². The molecule has 10 heteroatoms. The summed E-state index contributed by atoms with van der Waals surface area (Å²) in [6.45, 7) is 3.25. The predicted octanol–water partition coefficient (Wildman–Crippen LogP) is 4.02. The average molecular weight is 522 g/mol. The molecule has 1 aromatic heterocycles. The first-order chi connectivity index (χ1) is 18.4. The summed E-state index contributed by atoms with van der Waals surface area (Å²) in [5.41, 5.74) is 1.30. The molecule has 1 aliphatic heterocycles. The molecule has 0 aliphatic carbocycles. The lowest BCUT2D eigenvalue weighted by Gasteiger charge is -2.39. The largest absolute Gasteiger partial charge is 0.508 e. The fraction of sp³-hybridized carbons (Fsp3) is 0.214. The van der Waals surface area contributed by atoms with Gasteiger partial charge >= 0.3 is 0 Å². The Hall–Kier alpha value is -4.28. The van der Waals surface area contributed by atoms with Gasteiger partial charge < -0.3 is 14.3 Å². The number of ether oxygens (including phenoxy) is 1. The normalized spacial score (nSPS) is 14.5. The molecule has 4 aromatic rings. The van der Waals surface area contributed by atoms with Gasteiger partial charge in [0, 0.05) is 44.9 Å². The number of piperazine rings is 1. The molecule has 5 rings (SSSR count). The molecule has 0 unspecified atom stereocenters. The van der Waals surface area contributed by atoms with Crippen molar-refractivity contribution in [2.75, 3.05) is 44.3 Å². The van der Waals surface area contributed by atoms with E-state index in [1.807, 2.05) is 0 Å². The average Bonchev–Trinajstić information content (AvgIpc) is 2.92. The second-order valence-electron chi connectivity index (χ2n) is 8.87. The number of nitrogens with zero attached hydrogens (tertiary/aromatic N) is 3. The summed E-state index contributed by atoms with van der Waals surface area (Å²) < 4.78 is 39.0. The standard InChI is InChI=1S/C28H25F2N3O5/c29-20-3-8-26(25(30)15-20)33(18-34)32-11-9-31(10-12-32)13-14-37-22-6-7-23-27(16-22)38-17-24(28(23)36)19-1-4-21(35)5-2-19/h1-8,15-18,35H,9-14H2. The summed E-state index contributed by atoms with van der Waals surface area (Å²) in [6.07, 6.45) is 1.93. The number of hydrogen-bond donors (Lipinski definition) is 1. The van der Waals surface area contributed by atoms with Crippen molar-refractivity contribution in [3.63, 3.8) is 0 Å². The number of benzene rings is 3. The van der Waals surface area contributed by atoms with Crippen LogP contribution in [0, 0.1) is 11.6 Å². The molecule has 0 saturated carbocycles. The summed E-state index contributed by atoms with van der Waals surface area (Å²) in [4.78, 5) is 26.7. The molecular weight excluding hydrogens is 496 g/mol. The minimum absolute atomic E-state index is 0.0105. The van der Waals surface area contributed by atoms with Crippen molar-refractivity contribution < 1.29 is 27.8 Å². The third-order valence-electron chi connectivity index (χ3n) is 6.51. The number of anilines is 1. The lowest BCUT2D eigenvalue weighted by atomic mass is 10.1. The lowest BCUT2D eigenvalue weighted by molar-refractivity contribution is -0.110. The monoisotopic (exact) mass is 521 g/mol. The van der Waals surface area contributed by atoms with E-state index in [1.165, 1.54) is 29.5 Å². The van der Waals surface area contributed by atoms with Crippen LogP contribution < -0.4 is 15.2 Å². The maximum absolute atomic E-state index is 14.2. The Morgan fingerprint density at radius 3 is 2.47 bits per heavy atom. The first kappa shape index (κ1) is 25.4. The van der Waals surface area contributed by atoms with Gasteiger partial charge in [-0.1, -0.05) is 12.1 Å². The Morgan fingerprint density at radius 2 is 1.76 bits per heavy atom. The van der Waals surface area contributed by atoms with Crippen molar-refractivity contribution in [1.29, 1.82) is 0 Å². The third-order valence-corrected chi connectivity index (χ3v) is 6.51. The number of phenols is 1. The minimum atomic E-state index is -0.796. The predicted molar refractivity (Wildman–Crippen MR) is 138 cm³/mol. The van der Waals surface area contributed by atoms with Crippen LogP contribution in [0.25, 0.3) is 22.1 Å². The summed E-state index contributed by atoms with van der Waals surface area (Å²) in [5, 5.41) is 12.8. The van der Waals surface area contributed by atoms with Crippen LogP contribution in [0.15, 0.2) is 76.1 Å². The van der Waals surface area contributed by atoms with Gasteiger partial charge in [-0.15, -0.1) is 0 Å². The number of halogens is 2. The number of hydrogen-bond acceptors (Lipinski definition) is 7. The molecule has 3 aromatic carbocycles. The molecule has 8 nitrogen and oxygen atoms in total. The maximum Gasteiger partial charge on any atom is 0.228 e. The van der Waals surface area contributed by atoms with Crippen molar-refractivity contribution in [3.8, 4) is 22.6 Å². The second-order valence-corrected chi connectivity index (χ2v) is 8.87. The van der Waals surface area contributed by atoms with Gasteiger partial charge in [-0.2, -0.15) is 0 Å². The van der Waals surface area contributed by atoms with Crippen molar-refractivity contribution in [2.45, 2.75) is 0 Å². The molecule has 1 amide bonds. The van der Waals surface area contributed by atoms with Gasteiger partial charge in [0.1, 0.15) is 35.8 Å². The summed E-state index contributed by atoms with van der Waals surface area (Å²) in [7, 11) is 0. The van der Waals surface area contributed by atoms with Crippen LogP contribution in [0.3, 0.4) is 0 Å². The van der Waals surface area contributed by atoms with Crippen LogP contribution in [-0.2, 0) is 4.79 Å². The molecule has 2 heterocycles. The molecular formula is C28H25F2N3O5. The Bertz CT molecular complexity index is 1500. The molecule has 0 atom stereocenters. The van der Waals surface area contributed by atoms with E-state index in [4.69, 9.17) is 9.15 Å². The number of hydrazine groups is 1. The number of amides is 1. The highest BCUT2D eigenvalue weighted by molar-refractivity contribution is 5.82. The van der Waals surface area contributed by atoms with Gasteiger partial charge in [0.15, 0.2) is 11.2 Å². The fourth-order valence-electron chi connectivity index (χ4n) is 4.45. The van der Waals surface area contributed by atoms with E-state index < -0.39 is 11.6 Å². The first-order valence-corrected chi connectivity index (χ1v) is 12.1. The Labute approximate surface area is 216 Å². The number of aromatic hydroxyl groups is 1. The smallest absolute Gasteiger partial charge is 0.228 e. The van der Waals surface area contributed by atoms with Crippen LogP contribution in [0.2, 0.25) is 0 Å². The molecule has 1 aliphatic rings. The van der Waals surface area contributed by atoms with Gasteiger partial charge in [0.2, 0.25) is 6.41 Å². The van der Waals surface area contributed by atoms with Crippen LogP contribution in [-0.4, -0.2) is 60.8 Å². The van der Waals surface area contributed by atoms with Gasteiger partial charge in [-0.05, 0) is 42.0 Å². The molecule has 1 saturated heterocycles. The molecule has 0 bridgehead atoms. The molecule has 38 heavy (non-hydrogen) atoms. The molecule has 0 radical (unpaired) electrons. The summed E-state index contributed by atoms with van der Waals surface area (Å²) >= 11 is 0. The van der Waals surface area contributed by atoms with E-state index >= 15 is 0 Å².